The Morgan fingerprint density at radius 3 is 2.00 bits per heavy atom. The Hall–Kier alpha value is -2.12. The minimum Gasteiger partial charge on any atom is -0.462 e. The molecule has 1 unspecified atom stereocenters. The van der Waals surface area contributed by atoms with E-state index in [0.29, 0.717) is 0 Å². The molecule has 0 heterocycles. The average molecular weight is 275 g/mol. The molecule has 0 radical (unpaired) electrons. The molecule has 0 aromatic carbocycles. The monoisotopic (exact) mass is 275 g/mol. The van der Waals surface area contributed by atoms with Gasteiger partial charge in [0.15, 0.2) is 6.10 Å². The Balaban J connectivity index is 4.09. The topological polar surface area (TPSA) is 122 Å². The van der Waals surface area contributed by atoms with Gasteiger partial charge in [-0.1, -0.05) is 0 Å². The average Bonchev–Trinajstić information content (AvgIpc) is 2.29. The molecule has 8 heteroatoms. The molecule has 19 heavy (non-hydrogen) atoms. The fraction of sp³-hybridized carbons (Fsp3) is 0.636. The van der Waals surface area contributed by atoms with E-state index in [1.54, 1.807) is 0 Å². The van der Waals surface area contributed by atoms with Crippen LogP contribution in [0.15, 0.2) is 0 Å². The molecule has 0 fully saturated rings. The minimum atomic E-state index is -0.876. The van der Waals surface area contributed by atoms with Crippen LogP contribution in [0.3, 0.4) is 0 Å². The van der Waals surface area contributed by atoms with Crippen LogP contribution in [0.4, 0.5) is 0 Å². The molecule has 0 aromatic rings. The number of hydrogen-bond acceptors (Lipinski definition) is 7. The zero-order chi connectivity index (χ0) is 14.8. The van der Waals surface area contributed by atoms with Gasteiger partial charge in [0.1, 0.15) is 13.2 Å². The van der Waals surface area contributed by atoms with Crippen molar-refractivity contribution in [2.24, 2.45) is 5.73 Å². The summed E-state index contributed by atoms with van der Waals surface area (Å²) in [5.74, 6) is -2.41. The van der Waals surface area contributed by atoms with Crippen LogP contribution in [-0.2, 0) is 33.4 Å². The zero-order valence-corrected chi connectivity index (χ0v) is 10.8. The van der Waals surface area contributed by atoms with Gasteiger partial charge in [-0.15, -0.1) is 0 Å². The molecule has 0 aliphatic carbocycles. The summed E-state index contributed by atoms with van der Waals surface area (Å²) in [6.07, 6.45) is -1.16. The SMILES string of the molecule is CC(=O)OCC(COC(=O)CCC(N)=O)OC(C)=O. The van der Waals surface area contributed by atoms with Crippen molar-refractivity contribution in [3.05, 3.63) is 0 Å². The Labute approximate surface area is 110 Å². The van der Waals surface area contributed by atoms with Crippen LogP contribution >= 0.6 is 0 Å². The molecule has 1 amide bonds. The van der Waals surface area contributed by atoms with E-state index in [4.69, 9.17) is 15.2 Å². The van der Waals surface area contributed by atoms with Crippen molar-refractivity contribution in [2.75, 3.05) is 13.2 Å². The molecular formula is C11H17NO7. The third-order valence-corrected chi connectivity index (χ3v) is 1.81. The first-order valence-electron chi connectivity index (χ1n) is 5.55. The highest BCUT2D eigenvalue weighted by atomic mass is 16.6. The lowest BCUT2D eigenvalue weighted by molar-refractivity contribution is -0.164. The second-order valence-corrected chi connectivity index (χ2v) is 3.68. The molecule has 0 saturated carbocycles. The van der Waals surface area contributed by atoms with Crippen molar-refractivity contribution >= 4 is 23.8 Å². The van der Waals surface area contributed by atoms with E-state index < -0.39 is 29.9 Å². The Morgan fingerprint density at radius 1 is 0.947 bits per heavy atom. The van der Waals surface area contributed by atoms with Crippen molar-refractivity contribution in [3.63, 3.8) is 0 Å². The van der Waals surface area contributed by atoms with Gasteiger partial charge in [0.05, 0.1) is 6.42 Å². The number of primary amides is 1. The van der Waals surface area contributed by atoms with Crippen LogP contribution in [0, 0.1) is 0 Å². The van der Waals surface area contributed by atoms with Crippen molar-refractivity contribution < 1.29 is 33.4 Å². The van der Waals surface area contributed by atoms with Gasteiger partial charge < -0.3 is 19.9 Å². The quantitative estimate of drug-likeness (QED) is 0.458. The summed E-state index contributed by atoms with van der Waals surface area (Å²) in [5.41, 5.74) is 4.87. The molecule has 0 spiro atoms. The number of esters is 3. The molecule has 0 aliphatic rings. The maximum atomic E-state index is 11.2. The number of carbonyl (C=O) groups is 4. The van der Waals surface area contributed by atoms with E-state index >= 15 is 0 Å². The summed E-state index contributed by atoms with van der Waals surface area (Å²) >= 11 is 0. The van der Waals surface area contributed by atoms with E-state index in [9.17, 15) is 19.2 Å². The molecule has 8 nitrogen and oxygen atoms in total. The van der Waals surface area contributed by atoms with Gasteiger partial charge in [0.2, 0.25) is 5.91 Å². The smallest absolute Gasteiger partial charge is 0.306 e. The number of amides is 1. The minimum absolute atomic E-state index is 0.124. The third-order valence-electron chi connectivity index (χ3n) is 1.81. The molecule has 2 N–H and O–H groups in total. The molecular weight excluding hydrogens is 258 g/mol. The summed E-state index contributed by atoms with van der Waals surface area (Å²) < 4.78 is 14.2. The van der Waals surface area contributed by atoms with Crippen LogP contribution in [0.5, 0.6) is 0 Å². The molecule has 0 bridgehead atoms. The standard InChI is InChI=1S/C11H17NO7/c1-7(13)17-5-9(19-8(2)14)6-18-11(16)4-3-10(12)15/h9H,3-6H2,1-2H3,(H2,12,15). The molecule has 0 rings (SSSR count). The summed E-state index contributed by atoms with van der Waals surface area (Å²) in [6.45, 7) is 1.90. The van der Waals surface area contributed by atoms with Crippen LogP contribution < -0.4 is 5.73 Å². The van der Waals surface area contributed by atoms with Crippen LogP contribution in [0.1, 0.15) is 26.7 Å². The third kappa shape index (κ3) is 10.7. The van der Waals surface area contributed by atoms with E-state index in [0.717, 1.165) is 0 Å². The van der Waals surface area contributed by atoms with E-state index in [1.807, 2.05) is 0 Å². The normalized spacial score (nSPS) is 11.3. The van der Waals surface area contributed by atoms with Gasteiger partial charge in [0.25, 0.3) is 0 Å². The van der Waals surface area contributed by atoms with Crippen molar-refractivity contribution in [1.82, 2.24) is 0 Å². The predicted octanol–water partition coefficient (Wildman–Crippen LogP) is -0.710. The maximum Gasteiger partial charge on any atom is 0.306 e. The van der Waals surface area contributed by atoms with Gasteiger partial charge in [0, 0.05) is 20.3 Å². The summed E-state index contributed by atoms with van der Waals surface area (Å²) in [5, 5.41) is 0. The van der Waals surface area contributed by atoms with Gasteiger partial charge in [-0.2, -0.15) is 0 Å². The first kappa shape index (κ1) is 16.9. The van der Waals surface area contributed by atoms with Crippen LogP contribution in [0.25, 0.3) is 0 Å². The summed E-state index contributed by atoms with van der Waals surface area (Å²) in [7, 11) is 0. The molecule has 1 atom stereocenters. The summed E-state index contributed by atoms with van der Waals surface area (Å²) in [6, 6.07) is 0. The predicted molar refractivity (Wildman–Crippen MR) is 61.6 cm³/mol. The molecule has 0 aliphatic heterocycles. The first-order chi connectivity index (χ1) is 8.81. The largest absolute Gasteiger partial charge is 0.462 e. The highest BCUT2D eigenvalue weighted by molar-refractivity contribution is 5.79. The van der Waals surface area contributed by atoms with E-state index in [1.165, 1.54) is 13.8 Å². The lowest BCUT2D eigenvalue weighted by Gasteiger charge is -2.16. The summed E-state index contributed by atoms with van der Waals surface area (Å²) in [4.78, 5) is 43.1. The highest BCUT2D eigenvalue weighted by Crippen LogP contribution is 1.99. The lowest BCUT2D eigenvalue weighted by atomic mass is 10.3. The maximum absolute atomic E-state index is 11.2. The number of ether oxygens (including phenoxy) is 3. The molecule has 0 saturated heterocycles. The van der Waals surface area contributed by atoms with Crippen LogP contribution in [0.2, 0.25) is 0 Å². The van der Waals surface area contributed by atoms with E-state index in [2.05, 4.69) is 4.74 Å². The van der Waals surface area contributed by atoms with Gasteiger partial charge in [-0.05, 0) is 0 Å². The Morgan fingerprint density at radius 2 is 1.53 bits per heavy atom. The van der Waals surface area contributed by atoms with Crippen LogP contribution in [-0.4, -0.2) is 43.1 Å². The fourth-order valence-electron chi connectivity index (χ4n) is 1.04. The van der Waals surface area contributed by atoms with Crippen molar-refractivity contribution in [2.45, 2.75) is 32.8 Å². The zero-order valence-electron chi connectivity index (χ0n) is 10.8. The van der Waals surface area contributed by atoms with Gasteiger partial charge >= 0.3 is 17.9 Å². The van der Waals surface area contributed by atoms with Crippen molar-refractivity contribution in [1.29, 1.82) is 0 Å². The second-order valence-electron chi connectivity index (χ2n) is 3.68. The number of hydrogen-bond donors (Lipinski definition) is 1. The molecule has 0 aromatic heterocycles. The number of rotatable bonds is 8. The second kappa shape index (κ2) is 8.90. The van der Waals surface area contributed by atoms with Crippen molar-refractivity contribution in [3.8, 4) is 0 Å². The molecule has 108 valence electrons. The Kier molecular flexibility index (Phi) is 7.90. The van der Waals surface area contributed by atoms with Gasteiger partial charge in [-0.3, -0.25) is 19.2 Å². The lowest BCUT2D eigenvalue weighted by Crippen LogP contribution is -2.30. The van der Waals surface area contributed by atoms with Gasteiger partial charge in [-0.25, -0.2) is 0 Å². The highest BCUT2D eigenvalue weighted by Gasteiger charge is 2.17. The number of nitrogens with two attached hydrogens (primary N) is 1. The number of carbonyl (C=O) groups excluding carboxylic acids is 4. The first-order valence-corrected chi connectivity index (χ1v) is 5.55. The Bertz CT molecular complexity index is 353. The van der Waals surface area contributed by atoms with E-state index in [-0.39, 0.29) is 26.1 Å². The fourth-order valence-corrected chi connectivity index (χ4v) is 1.04.